The second-order valence-electron chi connectivity index (χ2n) is 6.14. The largest absolute Gasteiger partial charge is 0.481 e. The molecule has 0 spiro atoms. The summed E-state index contributed by atoms with van der Waals surface area (Å²) in [5, 5.41) is 16.2. The number of carboxylic acid groups (broad SMARTS) is 2. The molecule has 0 fully saturated rings. The number of hydrogen-bond donors (Lipinski definition) is 4. The lowest BCUT2D eigenvalue weighted by Gasteiger charge is -1.94. The summed E-state index contributed by atoms with van der Waals surface area (Å²) in [5.74, 6) is 1.20. The molecule has 0 amide bonds. The number of hydrogen-bond acceptors (Lipinski definition) is 4. The lowest BCUT2D eigenvalue weighted by molar-refractivity contribution is -0.138. The fourth-order valence-corrected chi connectivity index (χ4v) is 1.65. The van der Waals surface area contributed by atoms with E-state index in [0.717, 1.165) is 11.5 Å². The van der Waals surface area contributed by atoms with Crippen LogP contribution in [0.25, 0.3) is 0 Å². The molecule has 0 aliphatic rings. The van der Waals surface area contributed by atoms with Crippen LogP contribution >= 0.6 is 25.3 Å². The number of carbonyl (C=O) groups is 2. The van der Waals surface area contributed by atoms with Gasteiger partial charge in [0.1, 0.15) is 0 Å². The van der Waals surface area contributed by atoms with Gasteiger partial charge in [-0.3, -0.25) is 9.59 Å². The van der Waals surface area contributed by atoms with Crippen LogP contribution in [0, 0.1) is 11.8 Å². The summed E-state index contributed by atoms with van der Waals surface area (Å²) in [5.41, 5.74) is 0. The average molecular weight is 385 g/mol. The Bertz CT molecular complexity index is 227. The molecule has 148 valence electrons. The lowest BCUT2D eigenvalue weighted by atomic mass is 10.1. The molecule has 6 heteroatoms. The zero-order valence-electron chi connectivity index (χ0n) is 16.4. The molecule has 0 aliphatic carbocycles. The van der Waals surface area contributed by atoms with Gasteiger partial charge >= 0.3 is 11.9 Å². The van der Waals surface area contributed by atoms with Crippen LogP contribution in [0.15, 0.2) is 0 Å². The third-order valence-electron chi connectivity index (χ3n) is 2.19. The molecule has 0 bridgehead atoms. The van der Waals surface area contributed by atoms with Gasteiger partial charge in [-0.05, 0) is 36.2 Å². The number of carboxylic acids is 2. The van der Waals surface area contributed by atoms with Gasteiger partial charge in [0, 0.05) is 12.8 Å². The first kappa shape index (κ1) is 31.4. The third-order valence-corrected chi connectivity index (χ3v) is 2.82. The first-order valence-corrected chi connectivity index (χ1v) is 10.0. The SMILES string of the molecule is CC(C)CC(=O)O.CC(C)CC(=O)O.CCCCS.CCCCS. The Kier molecular flexibility index (Phi) is 36.0. The van der Waals surface area contributed by atoms with Gasteiger partial charge in [0.2, 0.25) is 0 Å². The van der Waals surface area contributed by atoms with Gasteiger partial charge < -0.3 is 10.2 Å². The number of unbranched alkanes of at least 4 members (excludes halogenated alkanes) is 2. The normalized spacial score (nSPS) is 9.08. The van der Waals surface area contributed by atoms with Crippen molar-refractivity contribution in [2.24, 2.45) is 11.8 Å². The number of rotatable bonds is 8. The molecule has 0 radical (unpaired) electrons. The Morgan fingerprint density at radius 2 is 1.00 bits per heavy atom. The van der Waals surface area contributed by atoms with Crippen LogP contribution in [-0.4, -0.2) is 33.7 Å². The average Bonchev–Trinajstić information content (AvgIpc) is 2.39. The summed E-state index contributed by atoms with van der Waals surface area (Å²) in [6.07, 6.45) is 5.60. The van der Waals surface area contributed by atoms with E-state index in [1.807, 2.05) is 27.7 Å². The van der Waals surface area contributed by atoms with E-state index < -0.39 is 11.9 Å². The van der Waals surface area contributed by atoms with Gasteiger partial charge in [-0.2, -0.15) is 25.3 Å². The molecule has 0 unspecified atom stereocenters. The molecule has 2 N–H and O–H groups in total. The van der Waals surface area contributed by atoms with Crippen LogP contribution in [0.3, 0.4) is 0 Å². The maximum atomic E-state index is 9.81. The molecule has 0 rings (SSSR count). The molecule has 0 aliphatic heterocycles. The van der Waals surface area contributed by atoms with E-state index in [2.05, 4.69) is 39.1 Å². The first-order chi connectivity index (χ1) is 11.1. The van der Waals surface area contributed by atoms with Crippen molar-refractivity contribution < 1.29 is 19.8 Å². The molecular formula is C18H40O4S2. The summed E-state index contributed by atoms with van der Waals surface area (Å²) in [6.45, 7) is 11.9. The molecule has 0 heterocycles. The summed E-state index contributed by atoms with van der Waals surface area (Å²) in [4.78, 5) is 19.6. The predicted octanol–water partition coefficient (Wildman–Crippen LogP) is 5.67. The minimum atomic E-state index is -0.713. The minimum absolute atomic E-state index is 0.275. The van der Waals surface area contributed by atoms with Gasteiger partial charge in [0.05, 0.1) is 0 Å². The van der Waals surface area contributed by atoms with E-state index in [4.69, 9.17) is 10.2 Å². The van der Waals surface area contributed by atoms with Crippen LogP contribution in [0.1, 0.15) is 80.1 Å². The van der Waals surface area contributed by atoms with Gasteiger partial charge in [0.25, 0.3) is 0 Å². The molecule has 0 saturated carbocycles. The van der Waals surface area contributed by atoms with Gasteiger partial charge in [-0.25, -0.2) is 0 Å². The molecule has 24 heavy (non-hydrogen) atoms. The summed E-state index contributed by atoms with van der Waals surface area (Å²) in [7, 11) is 0. The zero-order valence-corrected chi connectivity index (χ0v) is 18.2. The molecule has 0 aromatic rings. The highest BCUT2D eigenvalue weighted by Gasteiger charge is 1.99. The van der Waals surface area contributed by atoms with E-state index in [1.54, 1.807) is 0 Å². The Morgan fingerprint density at radius 1 is 0.750 bits per heavy atom. The van der Waals surface area contributed by atoms with E-state index in [-0.39, 0.29) is 24.7 Å². The second-order valence-corrected chi connectivity index (χ2v) is 7.03. The quantitative estimate of drug-likeness (QED) is 0.407. The fourth-order valence-electron chi connectivity index (χ4n) is 1.01. The zero-order chi connectivity index (χ0) is 20.0. The van der Waals surface area contributed by atoms with Gasteiger partial charge in [-0.15, -0.1) is 0 Å². The molecular weight excluding hydrogens is 344 g/mol. The first-order valence-electron chi connectivity index (χ1n) is 8.74. The van der Waals surface area contributed by atoms with Crippen LogP contribution in [-0.2, 0) is 9.59 Å². The smallest absolute Gasteiger partial charge is 0.303 e. The summed E-state index contributed by atoms with van der Waals surface area (Å²) >= 11 is 8.00. The summed E-state index contributed by atoms with van der Waals surface area (Å²) < 4.78 is 0. The van der Waals surface area contributed by atoms with Crippen molar-refractivity contribution in [1.82, 2.24) is 0 Å². The third kappa shape index (κ3) is 68.0. The topological polar surface area (TPSA) is 74.6 Å². The predicted molar refractivity (Wildman–Crippen MR) is 112 cm³/mol. The van der Waals surface area contributed by atoms with Crippen molar-refractivity contribution in [1.29, 1.82) is 0 Å². The fraction of sp³-hybridized carbons (Fsp3) is 0.889. The van der Waals surface area contributed by atoms with Crippen LogP contribution in [0.2, 0.25) is 0 Å². The second kappa shape index (κ2) is 27.5. The minimum Gasteiger partial charge on any atom is -0.481 e. The highest BCUT2D eigenvalue weighted by Crippen LogP contribution is 1.97. The van der Waals surface area contributed by atoms with E-state index in [0.29, 0.717) is 0 Å². The highest BCUT2D eigenvalue weighted by atomic mass is 32.1. The van der Waals surface area contributed by atoms with E-state index >= 15 is 0 Å². The molecule has 4 nitrogen and oxygen atoms in total. The van der Waals surface area contributed by atoms with Crippen molar-refractivity contribution in [3.8, 4) is 0 Å². The van der Waals surface area contributed by atoms with Crippen LogP contribution < -0.4 is 0 Å². The van der Waals surface area contributed by atoms with Gasteiger partial charge in [-0.1, -0.05) is 54.4 Å². The molecule has 0 aromatic carbocycles. The molecule has 0 aromatic heterocycles. The molecule has 0 saturated heterocycles. The van der Waals surface area contributed by atoms with E-state index in [1.165, 1.54) is 25.7 Å². The Hall–Kier alpha value is -0.360. The maximum absolute atomic E-state index is 9.81. The van der Waals surface area contributed by atoms with Crippen molar-refractivity contribution in [3.05, 3.63) is 0 Å². The molecule has 0 atom stereocenters. The lowest BCUT2D eigenvalue weighted by Crippen LogP contribution is -1.99. The number of aliphatic carboxylic acids is 2. The van der Waals surface area contributed by atoms with Crippen LogP contribution in [0.4, 0.5) is 0 Å². The Morgan fingerprint density at radius 3 is 1.00 bits per heavy atom. The van der Waals surface area contributed by atoms with E-state index in [9.17, 15) is 9.59 Å². The van der Waals surface area contributed by atoms with Crippen molar-refractivity contribution in [2.75, 3.05) is 11.5 Å². The Balaban J connectivity index is -0.000000113. The maximum Gasteiger partial charge on any atom is 0.303 e. The standard InChI is InChI=1S/2C5H10O2.2C4H10S/c2*1-4(2)3-5(6)7;2*1-2-3-4-5/h2*4H,3H2,1-2H3,(H,6,7);2*5H,2-4H2,1H3. The van der Waals surface area contributed by atoms with Crippen molar-refractivity contribution >= 4 is 37.2 Å². The van der Waals surface area contributed by atoms with Gasteiger partial charge in [0.15, 0.2) is 0 Å². The van der Waals surface area contributed by atoms with Crippen molar-refractivity contribution in [3.63, 3.8) is 0 Å². The highest BCUT2D eigenvalue weighted by molar-refractivity contribution is 7.80. The monoisotopic (exact) mass is 384 g/mol. The number of thiol groups is 2. The Labute approximate surface area is 160 Å². The summed E-state index contributed by atoms with van der Waals surface area (Å²) in [6, 6.07) is 0. The van der Waals surface area contributed by atoms with Crippen molar-refractivity contribution in [2.45, 2.75) is 80.1 Å². The van der Waals surface area contributed by atoms with Crippen LogP contribution in [0.5, 0.6) is 0 Å².